The molecule has 0 spiro atoms. The standard InChI is InChI=1S/C17H15BrOS/c1-17(2,19)15-9-11(18)7-8-12(15)14-10-20-16-6-4-3-5-13(14)16/h3-10,19H,1-2H3. The molecule has 2 aromatic carbocycles. The Kier molecular flexibility index (Phi) is 3.44. The van der Waals surface area contributed by atoms with Crippen LogP contribution >= 0.6 is 27.3 Å². The van der Waals surface area contributed by atoms with E-state index in [1.54, 1.807) is 11.3 Å². The molecular weight excluding hydrogens is 332 g/mol. The number of fused-ring (bicyclic) bond motifs is 1. The molecule has 0 atom stereocenters. The summed E-state index contributed by atoms with van der Waals surface area (Å²) < 4.78 is 2.25. The largest absolute Gasteiger partial charge is 0.386 e. The summed E-state index contributed by atoms with van der Waals surface area (Å²) in [4.78, 5) is 0. The molecule has 3 rings (SSSR count). The summed E-state index contributed by atoms with van der Waals surface area (Å²) in [5.41, 5.74) is 2.35. The summed E-state index contributed by atoms with van der Waals surface area (Å²) >= 11 is 5.23. The van der Waals surface area contributed by atoms with Crippen molar-refractivity contribution in [3.8, 4) is 11.1 Å². The predicted octanol–water partition coefficient (Wildman–Crippen LogP) is 5.56. The third-order valence-corrected chi connectivity index (χ3v) is 4.87. The number of rotatable bonds is 2. The maximum absolute atomic E-state index is 10.4. The van der Waals surface area contributed by atoms with Gasteiger partial charge in [-0.15, -0.1) is 11.3 Å². The van der Waals surface area contributed by atoms with Gasteiger partial charge < -0.3 is 5.11 Å². The van der Waals surface area contributed by atoms with Crippen molar-refractivity contribution >= 4 is 37.4 Å². The van der Waals surface area contributed by atoms with Crippen LogP contribution < -0.4 is 0 Å². The molecule has 0 saturated carbocycles. The second-order valence-corrected chi connectivity index (χ2v) is 7.22. The Morgan fingerprint density at radius 3 is 2.55 bits per heavy atom. The lowest BCUT2D eigenvalue weighted by Crippen LogP contribution is -2.16. The quantitative estimate of drug-likeness (QED) is 0.644. The minimum absolute atomic E-state index is 0.873. The van der Waals surface area contributed by atoms with Gasteiger partial charge in [-0.25, -0.2) is 0 Å². The van der Waals surface area contributed by atoms with Gasteiger partial charge in [0.1, 0.15) is 0 Å². The van der Waals surface area contributed by atoms with Crippen molar-refractivity contribution in [2.75, 3.05) is 0 Å². The molecule has 0 radical (unpaired) electrons. The Balaban J connectivity index is 2.30. The molecule has 0 saturated heterocycles. The normalized spacial score (nSPS) is 12.0. The van der Waals surface area contributed by atoms with Gasteiger partial charge in [-0.3, -0.25) is 0 Å². The molecular formula is C17H15BrOS. The van der Waals surface area contributed by atoms with Gasteiger partial charge in [0, 0.05) is 20.1 Å². The fraction of sp³-hybridized carbons (Fsp3) is 0.176. The van der Waals surface area contributed by atoms with E-state index in [1.165, 1.54) is 15.6 Å². The molecule has 0 fully saturated rings. The molecule has 0 aliphatic carbocycles. The fourth-order valence-corrected chi connectivity index (χ4v) is 3.77. The summed E-state index contributed by atoms with van der Waals surface area (Å²) in [7, 11) is 0. The van der Waals surface area contributed by atoms with Gasteiger partial charge in [0.2, 0.25) is 0 Å². The number of aliphatic hydroxyl groups is 1. The first kappa shape index (κ1) is 13.8. The maximum atomic E-state index is 10.4. The summed E-state index contributed by atoms with van der Waals surface area (Å²) in [6, 6.07) is 14.5. The SMILES string of the molecule is CC(C)(O)c1cc(Br)ccc1-c1csc2ccccc12. The summed E-state index contributed by atoms with van der Waals surface area (Å²) in [5.74, 6) is 0. The monoisotopic (exact) mass is 346 g/mol. The molecule has 0 bridgehead atoms. The molecule has 3 aromatic rings. The van der Waals surface area contributed by atoms with Crippen LogP contribution in [0, 0.1) is 0 Å². The number of halogens is 1. The van der Waals surface area contributed by atoms with Crippen LogP contribution in [0.2, 0.25) is 0 Å². The van der Waals surface area contributed by atoms with Crippen LogP contribution in [0.15, 0.2) is 52.3 Å². The first-order valence-corrected chi connectivity index (χ1v) is 8.13. The maximum Gasteiger partial charge on any atom is 0.0846 e. The average Bonchev–Trinajstić information content (AvgIpc) is 2.81. The highest BCUT2D eigenvalue weighted by Crippen LogP contribution is 2.39. The lowest BCUT2D eigenvalue weighted by molar-refractivity contribution is 0.0791. The van der Waals surface area contributed by atoms with Gasteiger partial charge in [0.15, 0.2) is 0 Å². The van der Waals surface area contributed by atoms with Gasteiger partial charge in [0.25, 0.3) is 0 Å². The zero-order chi connectivity index (χ0) is 14.3. The Bertz CT molecular complexity index is 768. The van der Waals surface area contributed by atoms with Crippen LogP contribution in [0.3, 0.4) is 0 Å². The van der Waals surface area contributed by atoms with Gasteiger partial charge >= 0.3 is 0 Å². The lowest BCUT2D eigenvalue weighted by atomic mass is 9.89. The van der Waals surface area contributed by atoms with E-state index in [0.29, 0.717) is 0 Å². The van der Waals surface area contributed by atoms with Crippen LogP contribution in [-0.2, 0) is 5.60 Å². The topological polar surface area (TPSA) is 20.2 Å². The van der Waals surface area contributed by atoms with E-state index < -0.39 is 5.60 Å². The molecule has 20 heavy (non-hydrogen) atoms. The second-order valence-electron chi connectivity index (χ2n) is 5.39. The Morgan fingerprint density at radius 2 is 1.80 bits per heavy atom. The molecule has 0 amide bonds. The zero-order valence-electron chi connectivity index (χ0n) is 11.4. The van der Waals surface area contributed by atoms with Crippen LogP contribution in [0.5, 0.6) is 0 Å². The van der Waals surface area contributed by atoms with Crippen molar-refractivity contribution < 1.29 is 5.11 Å². The molecule has 3 heteroatoms. The Labute approximate surface area is 131 Å². The highest BCUT2D eigenvalue weighted by molar-refractivity contribution is 9.10. The first-order chi connectivity index (χ1) is 9.47. The number of thiophene rings is 1. The van der Waals surface area contributed by atoms with E-state index >= 15 is 0 Å². The van der Waals surface area contributed by atoms with Gasteiger partial charge in [-0.05, 0) is 48.6 Å². The highest BCUT2D eigenvalue weighted by Gasteiger charge is 2.22. The zero-order valence-corrected chi connectivity index (χ0v) is 13.8. The molecule has 1 N–H and O–H groups in total. The summed E-state index contributed by atoms with van der Waals surface area (Å²) in [6.07, 6.45) is 0. The Hall–Kier alpha value is -1.16. The predicted molar refractivity (Wildman–Crippen MR) is 90.2 cm³/mol. The van der Waals surface area contributed by atoms with E-state index in [1.807, 2.05) is 26.0 Å². The molecule has 0 aliphatic heterocycles. The van der Waals surface area contributed by atoms with E-state index in [-0.39, 0.29) is 0 Å². The van der Waals surface area contributed by atoms with Crippen molar-refractivity contribution in [3.63, 3.8) is 0 Å². The summed E-state index contributed by atoms with van der Waals surface area (Å²) in [6.45, 7) is 3.65. The highest BCUT2D eigenvalue weighted by atomic mass is 79.9. The third-order valence-electron chi connectivity index (χ3n) is 3.41. The lowest BCUT2D eigenvalue weighted by Gasteiger charge is -2.22. The van der Waals surface area contributed by atoms with Gasteiger partial charge in [0.05, 0.1) is 5.60 Å². The van der Waals surface area contributed by atoms with Crippen LogP contribution in [0.1, 0.15) is 19.4 Å². The van der Waals surface area contributed by atoms with Crippen molar-refractivity contribution in [1.29, 1.82) is 0 Å². The molecule has 1 heterocycles. The van der Waals surface area contributed by atoms with Crippen molar-refractivity contribution in [1.82, 2.24) is 0 Å². The molecule has 102 valence electrons. The van der Waals surface area contributed by atoms with Crippen LogP contribution in [-0.4, -0.2) is 5.11 Å². The van der Waals surface area contributed by atoms with Crippen molar-refractivity contribution in [2.24, 2.45) is 0 Å². The molecule has 1 nitrogen and oxygen atoms in total. The van der Waals surface area contributed by atoms with Gasteiger partial charge in [-0.1, -0.05) is 40.2 Å². The first-order valence-electron chi connectivity index (χ1n) is 6.46. The minimum Gasteiger partial charge on any atom is -0.386 e. The van der Waals surface area contributed by atoms with Crippen LogP contribution in [0.4, 0.5) is 0 Å². The number of hydrogen-bond acceptors (Lipinski definition) is 2. The molecule has 0 aliphatic rings. The number of hydrogen-bond donors (Lipinski definition) is 1. The molecule has 1 aromatic heterocycles. The number of benzene rings is 2. The summed E-state index contributed by atoms with van der Waals surface area (Å²) in [5, 5.41) is 13.9. The molecule has 0 unspecified atom stereocenters. The van der Waals surface area contributed by atoms with E-state index in [2.05, 4.69) is 51.6 Å². The smallest absolute Gasteiger partial charge is 0.0846 e. The van der Waals surface area contributed by atoms with E-state index in [4.69, 9.17) is 0 Å². The second kappa shape index (κ2) is 4.99. The van der Waals surface area contributed by atoms with Crippen LogP contribution in [0.25, 0.3) is 21.2 Å². The third kappa shape index (κ3) is 2.41. The Morgan fingerprint density at radius 1 is 1.05 bits per heavy atom. The minimum atomic E-state index is -0.873. The van der Waals surface area contributed by atoms with E-state index in [0.717, 1.165) is 15.6 Å². The van der Waals surface area contributed by atoms with Crippen molar-refractivity contribution in [3.05, 3.63) is 57.9 Å². The van der Waals surface area contributed by atoms with Crippen molar-refractivity contribution in [2.45, 2.75) is 19.4 Å². The van der Waals surface area contributed by atoms with Gasteiger partial charge in [-0.2, -0.15) is 0 Å². The van der Waals surface area contributed by atoms with E-state index in [9.17, 15) is 5.11 Å². The fourth-order valence-electron chi connectivity index (χ4n) is 2.44. The average molecular weight is 347 g/mol.